The summed E-state index contributed by atoms with van der Waals surface area (Å²) < 4.78 is 0. The molecule has 1 amide bonds. The van der Waals surface area contributed by atoms with Crippen LogP contribution in [0.1, 0.15) is 18.1 Å². The van der Waals surface area contributed by atoms with Gasteiger partial charge in [-0.25, -0.2) is 0 Å². The number of carbonyl (C=O) groups excluding carboxylic acids is 1. The lowest BCUT2D eigenvalue weighted by atomic mass is 9.76. The summed E-state index contributed by atoms with van der Waals surface area (Å²) in [6.45, 7) is 1.86. The number of amides is 1. The number of nitrogens with two attached hydrogens (primary N) is 1. The summed E-state index contributed by atoms with van der Waals surface area (Å²) in [5, 5.41) is 1.20. The normalized spacial score (nSPS) is 10.7. The van der Waals surface area contributed by atoms with Crippen LogP contribution in [0, 0.1) is 0 Å². The van der Waals surface area contributed by atoms with Crippen molar-refractivity contribution in [2.75, 3.05) is 0 Å². The van der Waals surface area contributed by atoms with Gasteiger partial charge in [-0.2, -0.15) is 0 Å². The van der Waals surface area contributed by atoms with Crippen LogP contribution in [-0.4, -0.2) is 10.9 Å². The lowest BCUT2D eigenvalue weighted by molar-refractivity contribution is -0.121. The average molecular weight is 354 g/mol. The number of benzene rings is 3. The summed E-state index contributed by atoms with van der Waals surface area (Å²) in [5.74, 6) is -0.338. The molecule has 0 saturated carbocycles. The van der Waals surface area contributed by atoms with Gasteiger partial charge in [0.05, 0.1) is 10.9 Å². The number of hydrogen-bond donors (Lipinski definition) is 1. The fourth-order valence-electron chi connectivity index (χ4n) is 3.01. The lowest BCUT2D eigenvalue weighted by Crippen LogP contribution is -2.39. The molecule has 0 aliphatic carbocycles. The zero-order valence-corrected chi connectivity index (χ0v) is 15.2. The van der Waals surface area contributed by atoms with E-state index in [1.165, 1.54) is 5.39 Å². The number of carbonyl (C=O) groups is 1. The maximum Gasteiger partial charge on any atom is 0.232 e. The van der Waals surface area contributed by atoms with Gasteiger partial charge < -0.3 is 5.73 Å². The molecule has 0 fully saturated rings. The third-order valence-electron chi connectivity index (χ3n) is 4.71. The highest BCUT2D eigenvalue weighted by Crippen LogP contribution is 2.31. The van der Waals surface area contributed by atoms with Gasteiger partial charge in [-0.1, -0.05) is 84.9 Å². The van der Waals surface area contributed by atoms with Crippen molar-refractivity contribution < 1.29 is 4.79 Å². The van der Waals surface area contributed by atoms with E-state index in [0.29, 0.717) is 0 Å². The fourth-order valence-corrected chi connectivity index (χ4v) is 3.01. The zero-order valence-electron chi connectivity index (χ0n) is 15.2. The van der Waals surface area contributed by atoms with Crippen LogP contribution in [0.4, 0.5) is 0 Å². The molecule has 27 heavy (non-hydrogen) atoms. The number of fused-ring (bicyclic) bond motifs is 1. The Bertz CT molecular complexity index is 909. The molecule has 4 rings (SSSR count). The molecule has 3 nitrogen and oxygen atoms in total. The van der Waals surface area contributed by atoms with E-state index in [9.17, 15) is 4.79 Å². The molecule has 3 heteroatoms. The Morgan fingerprint density at radius 1 is 0.741 bits per heavy atom. The van der Waals surface area contributed by atoms with Crippen molar-refractivity contribution in [1.82, 2.24) is 4.98 Å². The molecule has 134 valence electrons. The first kappa shape index (κ1) is 18.3. The van der Waals surface area contributed by atoms with Gasteiger partial charge in [-0.05, 0) is 30.2 Å². The van der Waals surface area contributed by atoms with E-state index in [0.717, 1.165) is 16.6 Å². The number of hydrogen-bond acceptors (Lipinski definition) is 2. The van der Waals surface area contributed by atoms with Gasteiger partial charge in [0.25, 0.3) is 0 Å². The minimum absolute atomic E-state index is 0.338. The highest BCUT2D eigenvalue weighted by atomic mass is 16.1. The maximum atomic E-state index is 11.8. The average Bonchev–Trinajstić information content (AvgIpc) is 2.75. The van der Waals surface area contributed by atoms with Crippen molar-refractivity contribution in [3.05, 3.63) is 114 Å². The molecule has 0 bridgehead atoms. The molecule has 2 N–H and O–H groups in total. The first-order valence-corrected chi connectivity index (χ1v) is 8.83. The second-order valence-electron chi connectivity index (χ2n) is 6.42. The molecule has 1 aromatic heterocycles. The molecule has 0 aliphatic rings. The van der Waals surface area contributed by atoms with Crippen molar-refractivity contribution in [3.63, 3.8) is 0 Å². The Balaban J connectivity index is 0.000000177. The van der Waals surface area contributed by atoms with Gasteiger partial charge in [0.2, 0.25) is 5.91 Å². The predicted octanol–water partition coefficient (Wildman–Crippen LogP) is 4.71. The van der Waals surface area contributed by atoms with Crippen LogP contribution in [0.5, 0.6) is 0 Å². The Labute approximate surface area is 159 Å². The maximum absolute atomic E-state index is 11.8. The van der Waals surface area contributed by atoms with E-state index < -0.39 is 5.41 Å². The Morgan fingerprint density at radius 2 is 1.22 bits per heavy atom. The van der Waals surface area contributed by atoms with E-state index in [1.54, 1.807) is 0 Å². The number of rotatable bonds is 3. The Morgan fingerprint density at radius 3 is 1.74 bits per heavy atom. The second-order valence-corrected chi connectivity index (χ2v) is 6.42. The monoisotopic (exact) mass is 354 g/mol. The van der Waals surface area contributed by atoms with Crippen LogP contribution in [0.25, 0.3) is 10.9 Å². The van der Waals surface area contributed by atoms with Crippen LogP contribution in [-0.2, 0) is 10.2 Å². The number of nitrogens with zero attached hydrogens (tertiary/aromatic N) is 1. The molecule has 0 saturated heterocycles. The SMILES string of the molecule is CC(C(N)=O)(c1ccccc1)c1ccccc1.c1ccc2ncccc2c1. The summed E-state index contributed by atoms with van der Waals surface area (Å²) in [7, 11) is 0. The van der Waals surface area contributed by atoms with Gasteiger partial charge in [0.1, 0.15) is 0 Å². The van der Waals surface area contributed by atoms with Crippen LogP contribution in [0.3, 0.4) is 0 Å². The largest absolute Gasteiger partial charge is 0.369 e. The van der Waals surface area contributed by atoms with E-state index in [4.69, 9.17) is 5.73 Å². The van der Waals surface area contributed by atoms with Crippen molar-refractivity contribution in [2.24, 2.45) is 5.73 Å². The number of pyridine rings is 1. The summed E-state index contributed by atoms with van der Waals surface area (Å²) in [6, 6.07) is 31.3. The first-order chi connectivity index (χ1) is 13.1. The molecular formula is C24H22N2O. The van der Waals surface area contributed by atoms with Crippen LogP contribution in [0.2, 0.25) is 0 Å². The fraction of sp³-hybridized carbons (Fsp3) is 0.0833. The smallest absolute Gasteiger partial charge is 0.232 e. The van der Waals surface area contributed by atoms with Crippen LogP contribution in [0.15, 0.2) is 103 Å². The van der Waals surface area contributed by atoms with Gasteiger partial charge in [0, 0.05) is 11.6 Å². The lowest BCUT2D eigenvalue weighted by Gasteiger charge is -2.27. The zero-order chi connectivity index (χ0) is 19.1. The predicted molar refractivity (Wildman–Crippen MR) is 110 cm³/mol. The molecule has 4 aromatic rings. The highest BCUT2D eigenvalue weighted by molar-refractivity contribution is 5.90. The summed E-state index contributed by atoms with van der Waals surface area (Å²) >= 11 is 0. The molecule has 0 unspecified atom stereocenters. The van der Waals surface area contributed by atoms with Crippen molar-refractivity contribution in [1.29, 1.82) is 0 Å². The molecule has 0 atom stereocenters. The number of aromatic nitrogens is 1. The topological polar surface area (TPSA) is 56.0 Å². The molecule has 0 spiro atoms. The Hall–Kier alpha value is -3.46. The van der Waals surface area contributed by atoms with Crippen molar-refractivity contribution >= 4 is 16.8 Å². The summed E-state index contributed by atoms with van der Waals surface area (Å²) in [6.07, 6.45) is 1.81. The molecule has 1 heterocycles. The number of para-hydroxylation sites is 1. The first-order valence-electron chi connectivity index (χ1n) is 8.83. The summed E-state index contributed by atoms with van der Waals surface area (Å²) in [5.41, 5.74) is 7.71. The van der Waals surface area contributed by atoms with Crippen molar-refractivity contribution in [2.45, 2.75) is 12.3 Å². The molecule has 0 radical (unpaired) electrons. The van der Waals surface area contributed by atoms with Gasteiger partial charge in [0.15, 0.2) is 0 Å². The van der Waals surface area contributed by atoms with Gasteiger partial charge in [-0.3, -0.25) is 9.78 Å². The molecule has 0 aliphatic heterocycles. The van der Waals surface area contributed by atoms with Crippen molar-refractivity contribution in [3.8, 4) is 0 Å². The molecular weight excluding hydrogens is 332 g/mol. The second kappa shape index (κ2) is 8.28. The summed E-state index contributed by atoms with van der Waals surface area (Å²) in [4.78, 5) is 16.0. The highest BCUT2D eigenvalue weighted by Gasteiger charge is 2.34. The standard InChI is InChI=1S/C15H15NO.C9H7N/c1-15(14(16)17,12-8-4-2-5-9-12)13-10-6-3-7-11-13;1-2-6-9-8(4-1)5-3-7-10-9/h2-11H,1H3,(H2,16,17);1-7H. The van der Waals surface area contributed by atoms with E-state index in [1.807, 2.05) is 98.0 Å². The third kappa shape index (κ3) is 4.04. The van der Waals surface area contributed by atoms with E-state index in [2.05, 4.69) is 17.1 Å². The number of primary amides is 1. The van der Waals surface area contributed by atoms with Crippen LogP contribution >= 0.6 is 0 Å². The Kier molecular flexibility index (Phi) is 5.62. The van der Waals surface area contributed by atoms with Gasteiger partial charge >= 0.3 is 0 Å². The van der Waals surface area contributed by atoms with Gasteiger partial charge in [-0.15, -0.1) is 0 Å². The van der Waals surface area contributed by atoms with Crippen LogP contribution < -0.4 is 5.73 Å². The van der Waals surface area contributed by atoms with E-state index >= 15 is 0 Å². The quantitative estimate of drug-likeness (QED) is 0.579. The molecule has 3 aromatic carbocycles. The minimum Gasteiger partial charge on any atom is -0.369 e. The minimum atomic E-state index is -0.775. The van der Waals surface area contributed by atoms with E-state index in [-0.39, 0.29) is 5.91 Å². The third-order valence-corrected chi connectivity index (χ3v) is 4.71.